The summed E-state index contributed by atoms with van der Waals surface area (Å²) in [5, 5.41) is 0.261. The van der Waals surface area contributed by atoms with Crippen molar-refractivity contribution in [3.8, 4) is 0 Å². The van der Waals surface area contributed by atoms with Crippen molar-refractivity contribution in [2.75, 3.05) is 0 Å². The van der Waals surface area contributed by atoms with Crippen molar-refractivity contribution in [1.82, 2.24) is 3.11 Å². The lowest BCUT2D eigenvalue weighted by Gasteiger charge is -2.17. The highest BCUT2D eigenvalue weighted by Crippen LogP contribution is 2.32. The predicted molar refractivity (Wildman–Crippen MR) is 66.2 cm³/mol. The SMILES string of the molecule is CC(C)C(C)SC1CC(=O)N(I)C1=O. The van der Waals surface area contributed by atoms with Crippen LogP contribution in [0.4, 0.5) is 0 Å². The number of halogens is 1. The molecule has 0 radical (unpaired) electrons. The fourth-order valence-electron chi connectivity index (χ4n) is 1.10. The summed E-state index contributed by atoms with van der Waals surface area (Å²) in [6.45, 7) is 6.35. The van der Waals surface area contributed by atoms with Crippen LogP contribution in [0.3, 0.4) is 0 Å². The van der Waals surface area contributed by atoms with Gasteiger partial charge < -0.3 is 0 Å². The highest BCUT2D eigenvalue weighted by atomic mass is 127. The Morgan fingerprint density at radius 3 is 2.36 bits per heavy atom. The van der Waals surface area contributed by atoms with Crippen LogP contribution in [-0.4, -0.2) is 25.4 Å². The number of rotatable bonds is 3. The molecule has 5 heteroatoms. The van der Waals surface area contributed by atoms with Gasteiger partial charge in [0, 0.05) is 11.7 Å². The second-order valence-electron chi connectivity index (χ2n) is 3.79. The monoisotopic (exact) mass is 327 g/mol. The van der Waals surface area contributed by atoms with Crippen LogP contribution in [0.15, 0.2) is 0 Å². The molecular formula is C9H14INO2S. The maximum absolute atomic E-state index is 11.6. The van der Waals surface area contributed by atoms with E-state index in [2.05, 4.69) is 20.8 Å². The average Bonchev–Trinajstić information content (AvgIpc) is 2.33. The van der Waals surface area contributed by atoms with E-state index < -0.39 is 0 Å². The van der Waals surface area contributed by atoms with Gasteiger partial charge in [-0.1, -0.05) is 20.8 Å². The largest absolute Gasteiger partial charge is 0.274 e. The summed E-state index contributed by atoms with van der Waals surface area (Å²) in [4.78, 5) is 22.8. The van der Waals surface area contributed by atoms with Gasteiger partial charge in [0.1, 0.15) is 0 Å². The van der Waals surface area contributed by atoms with Gasteiger partial charge in [-0.25, -0.2) is 3.11 Å². The Bertz CT molecular complexity index is 257. The molecule has 0 aromatic heterocycles. The Morgan fingerprint density at radius 1 is 1.43 bits per heavy atom. The van der Waals surface area contributed by atoms with E-state index in [0.29, 0.717) is 17.6 Å². The summed E-state index contributed by atoms with van der Waals surface area (Å²) in [6.07, 6.45) is 0.365. The highest BCUT2D eigenvalue weighted by Gasteiger charge is 2.38. The third-order valence-electron chi connectivity index (χ3n) is 2.37. The molecule has 0 aromatic carbocycles. The van der Waals surface area contributed by atoms with Crippen LogP contribution < -0.4 is 0 Å². The highest BCUT2D eigenvalue weighted by molar-refractivity contribution is 14.1. The molecule has 1 fully saturated rings. The molecule has 1 aliphatic rings. The van der Waals surface area contributed by atoms with Crippen molar-refractivity contribution in [2.24, 2.45) is 5.92 Å². The Labute approximate surface area is 102 Å². The lowest BCUT2D eigenvalue weighted by Crippen LogP contribution is -2.23. The number of nitrogens with zero attached hydrogens (tertiary/aromatic N) is 1. The molecular weight excluding hydrogens is 313 g/mol. The zero-order valence-corrected chi connectivity index (χ0v) is 11.5. The Morgan fingerprint density at radius 2 is 2.00 bits per heavy atom. The third kappa shape index (κ3) is 2.62. The average molecular weight is 327 g/mol. The van der Waals surface area contributed by atoms with Gasteiger partial charge in [0.05, 0.1) is 28.1 Å². The van der Waals surface area contributed by atoms with Crippen molar-refractivity contribution < 1.29 is 9.59 Å². The molecule has 1 rings (SSSR count). The summed E-state index contributed by atoms with van der Waals surface area (Å²) < 4.78 is 1.21. The second kappa shape index (κ2) is 4.83. The Balaban J connectivity index is 2.55. The molecule has 2 unspecified atom stereocenters. The molecule has 1 heterocycles. The van der Waals surface area contributed by atoms with Gasteiger partial charge in [-0.2, -0.15) is 0 Å². The maximum Gasteiger partial charge on any atom is 0.251 e. The van der Waals surface area contributed by atoms with Crippen LogP contribution in [0.2, 0.25) is 0 Å². The standard InChI is InChI=1S/C9H14INO2S/c1-5(2)6(3)14-7-4-8(12)11(10)9(7)13/h5-7H,4H2,1-3H3. The first-order chi connectivity index (χ1) is 6.43. The van der Waals surface area contributed by atoms with E-state index in [4.69, 9.17) is 0 Å². The molecule has 1 saturated heterocycles. The molecule has 0 bridgehead atoms. The zero-order valence-electron chi connectivity index (χ0n) is 8.49. The number of hydrogen-bond acceptors (Lipinski definition) is 3. The third-order valence-corrected chi connectivity index (χ3v) is 5.05. The summed E-state index contributed by atoms with van der Waals surface area (Å²) in [5.41, 5.74) is 0. The maximum atomic E-state index is 11.6. The van der Waals surface area contributed by atoms with Crippen LogP contribution in [-0.2, 0) is 9.59 Å². The van der Waals surface area contributed by atoms with Crippen LogP contribution in [0, 0.1) is 5.92 Å². The molecule has 1 aliphatic heterocycles. The Hall–Kier alpha value is 0.220. The van der Waals surface area contributed by atoms with Crippen molar-refractivity contribution >= 4 is 46.4 Å². The molecule has 0 aliphatic carbocycles. The lowest BCUT2D eigenvalue weighted by molar-refractivity contribution is -0.130. The molecule has 14 heavy (non-hydrogen) atoms. The zero-order chi connectivity index (χ0) is 10.9. The normalized spacial score (nSPS) is 24.9. The van der Waals surface area contributed by atoms with Crippen LogP contribution >= 0.6 is 34.6 Å². The van der Waals surface area contributed by atoms with Gasteiger partial charge in [-0.3, -0.25) is 9.59 Å². The number of amides is 2. The minimum absolute atomic E-state index is 0.0481. The first-order valence-electron chi connectivity index (χ1n) is 4.61. The van der Waals surface area contributed by atoms with Crippen molar-refractivity contribution in [2.45, 2.75) is 37.7 Å². The van der Waals surface area contributed by atoms with Gasteiger partial charge in [-0.05, 0) is 5.92 Å². The summed E-state index contributed by atoms with van der Waals surface area (Å²) in [5.74, 6) is 0.420. The van der Waals surface area contributed by atoms with Crippen molar-refractivity contribution in [3.63, 3.8) is 0 Å². The summed E-state index contributed by atoms with van der Waals surface area (Å²) in [7, 11) is 0. The molecule has 0 N–H and O–H groups in total. The van der Waals surface area contributed by atoms with Gasteiger partial charge in [-0.15, -0.1) is 11.8 Å². The second-order valence-corrected chi connectivity index (χ2v) is 6.34. The molecule has 0 saturated carbocycles. The lowest BCUT2D eigenvalue weighted by atomic mass is 10.2. The predicted octanol–water partition coefficient (Wildman–Crippen LogP) is 2.24. The van der Waals surface area contributed by atoms with E-state index in [1.807, 2.05) is 0 Å². The topological polar surface area (TPSA) is 37.4 Å². The van der Waals surface area contributed by atoms with E-state index in [1.165, 1.54) is 3.11 Å². The molecule has 3 nitrogen and oxygen atoms in total. The fourth-order valence-corrected chi connectivity index (χ4v) is 3.11. The smallest absolute Gasteiger partial charge is 0.251 e. The quantitative estimate of drug-likeness (QED) is 0.453. The molecule has 0 aromatic rings. The van der Waals surface area contributed by atoms with E-state index in [1.54, 1.807) is 34.6 Å². The first-order valence-corrected chi connectivity index (χ1v) is 6.52. The van der Waals surface area contributed by atoms with E-state index in [9.17, 15) is 9.59 Å². The van der Waals surface area contributed by atoms with Gasteiger partial charge in [0.2, 0.25) is 5.91 Å². The van der Waals surface area contributed by atoms with Gasteiger partial charge >= 0.3 is 0 Å². The molecule has 80 valence electrons. The number of carbonyl (C=O) groups is 2. The van der Waals surface area contributed by atoms with Gasteiger partial charge in [0.15, 0.2) is 0 Å². The number of carbonyl (C=O) groups excluding carboxylic acids is 2. The van der Waals surface area contributed by atoms with E-state index >= 15 is 0 Å². The first kappa shape index (κ1) is 12.3. The van der Waals surface area contributed by atoms with Crippen molar-refractivity contribution in [1.29, 1.82) is 0 Å². The summed E-state index contributed by atoms with van der Waals surface area (Å²) in [6, 6.07) is 0. The molecule has 0 spiro atoms. The minimum Gasteiger partial charge on any atom is -0.274 e. The van der Waals surface area contributed by atoms with Crippen LogP contribution in [0.25, 0.3) is 0 Å². The van der Waals surface area contributed by atoms with Crippen LogP contribution in [0.1, 0.15) is 27.2 Å². The van der Waals surface area contributed by atoms with Gasteiger partial charge in [0.25, 0.3) is 5.91 Å². The summed E-state index contributed by atoms with van der Waals surface area (Å²) >= 11 is 3.40. The molecule has 2 atom stereocenters. The van der Waals surface area contributed by atoms with Crippen molar-refractivity contribution in [3.05, 3.63) is 0 Å². The van der Waals surface area contributed by atoms with Crippen LogP contribution in [0.5, 0.6) is 0 Å². The minimum atomic E-state index is -0.156. The number of imide groups is 1. The number of thioether (sulfide) groups is 1. The fraction of sp³-hybridized carbons (Fsp3) is 0.778. The van der Waals surface area contributed by atoms with E-state index in [-0.39, 0.29) is 17.1 Å². The Kier molecular flexibility index (Phi) is 4.24. The number of hydrogen-bond donors (Lipinski definition) is 0. The molecule has 2 amide bonds. The van der Waals surface area contributed by atoms with E-state index in [0.717, 1.165) is 0 Å².